The van der Waals surface area contributed by atoms with Gasteiger partial charge in [0.2, 0.25) is 0 Å². The summed E-state index contributed by atoms with van der Waals surface area (Å²) in [6, 6.07) is 16.3. The van der Waals surface area contributed by atoms with E-state index in [9.17, 15) is 10.2 Å². The molecule has 4 rings (SSSR count). The number of hydrogen-bond acceptors (Lipinski definition) is 4. The number of aliphatic hydroxyl groups excluding tert-OH is 2. The molecule has 0 amide bonds. The van der Waals surface area contributed by atoms with Crippen molar-refractivity contribution in [3.8, 4) is 0 Å². The van der Waals surface area contributed by atoms with Crippen molar-refractivity contribution < 1.29 is 10.2 Å². The van der Waals surface area contributed by atoms with Crippen LogP contribution in [0.5, 0.6) is 0 Å². The summed E-state index contributed by atoms with van der Waals surface area (Å²) in [7, 11) is 0. The third kappa shape index (κ3) is 2.98. The van der Waals surface area contributed by atoms with Crippen molar-refractivity contribution in [3.63, 3.8) is 0 Å². The van der Waals surface area contributed by atoms with E-state index in [0.29, 0.717) is 0 Å². The van der Waals surface area contributed by atoms with Crippen molar-refractivity contribution in [1.29, 1.82) is 0 Å². The highest BCUT2D eigenvalue weighted by Gasteiger charge is 2.35. The first-order chi connectivity index (χ1) is 11.7. The van der Waals surface area contributed by atoms with Gasteiger partial charge in [0.1, 0.15) is 0 Å². The molecule has 2 aliphatic heterocycles. The zero-order chi connectivity index (χ0) is 16.5. The standard InChI is InChI=1S/C20H24N2O2/c23-19(17-9-13-5-1-3-7-15(13)11-21-17)20(24)18-10-14-6-2-4-8-16(14)12-22-18/h1-8,17-24H,9-12H2/t17?,18?,19-,20-/m1/s1. The van der Waals surface area contributed by atoms with E-state index < -0.39 is 12.2 Å². The average Bonchev–Trinajstić information content (AvgIpc) is 2.66. The molecule has 0 radical (unpaired) electrons. The molecule has 0 aliphatic carbocycles. The van der Waals surface area contributed by atoms with E-state index >= 15 is 0 Å². The van der Waals surface area contributed by atoms with E-state index in [-0.39, 0.29) is 12.1 Å². The van der Waals surface area contributed by atoms with Gasteiger partial charge in [-0.15, -0.1) is 0 Å². The second-order valence-electron chi connectivity index (χ2n) is 6.90. The van der Waals surface area contributed by atoms with E-state index in [0.717, 1.165) is 25.9 Å². The molecule has 0 saturated carbocycles. The van der Waals surface area contributed by atoms with Crippen LogP contribution in [0.25, 0.3) is 0 Å². The van der Waals surface area contributed by atoms with Gasteiger partial charge in [0.05, 0.1) is 12.2 Å². The second-order valence-corrected chi connectivity index (χ2v) is 6.90. The Balaban J connectivity index is 1.45. The molecule has 0 bridgehead atoms. The molecule has 126 valence electrons. The van der Waals surface area contributed by atoms with Crippen LogP contribution in [0, 0.1) is 0 Å². The van der Waals surface area contributed by atoms with E-state index in [4.69, 9.17) is 0 Å². The maximum atomic E-state index is 10.7. The number of hydrogen-bond donors (Lipinski definition) is 4. The molecule has 0 aromatic heterocycles. The summed E-state index contributed by atoms with van der Waals surface area (Å²) in [6.45, 7) is 1.48. The lowest BCUT2D eigenvalue weighted by atomic mass is 9.86. The minimum absolute atomic E-state index is 0.117. The summed E-state index contributed by atoms with van der Waals surface area (Å²) in [5, 5.41) is 28.2. The first-order valence-corrected chi connectivity index (χ1v) is 8.69. The number of aliphatic hydroxyl groups is 2. The summed E-state index contributed by atoms with van der Waals surface area (Å²) in [4.78, 5) is 0. The van der Waals surface area contributed by atoms with Gasteiger partial charge in [-0.05, 0) is 35.1 Å². The molecule has 2 heterocycles. The zero-order valence-corrected chi connectivity index (χ0v) is 13.7. The SMILES string of the molecule is O[C@H](C1Cc2ccccc2CN1)[C@H](O)C1Cc2ccccc2CN1. The van der Waals surface area contributed by atoms with Crippen LogP contribution in [-0.4, -0.2) is 34.5 Å². The topological polar surface area (TPSA) is 64.5 Å². The Bertz CT molecular complexity index is 657. The maximum absolute atomic E-state index is 10.7. The van der Waals surface area contributed by atoms with Crippen LogP contribution in [0.1, 0.15) is 22.3 Å². The highest BCUT2D eigenvalue weighted by atomic mass is 16.3. The number of fused-ring (bicyclic) bond motifs is 2. The molecule has 4 N–H and O–H groups in total. The number of rotatable bonds is 3. The minimum Gasteiger partial charge on any atom is -0.389 e. The third-order valence-electron chi connectivity index (χ3n) is 5.40. The predicted molar refractivity (Wildman–Crippen MR) is 93.6 cm³/mol. The first-order valence-electron chi connectivity index (χ1n) is 8.69. The first kappa shape index (κ1) is 15.8. The molecule has 4 nitrogen and oxygen atoms in total. The van der Waals surface area contributed by atoms with Crippen molar-refractivity contribution in [3.05, 3.63) is 70.8 Å². The van der Waals surface area contributed by atoms with Crippen molar-refractivity contribution in [2.75, 3.05) is 0 Å². The quantitative estimate of drug-likeness (QED) is 0.684. The Hall–Kier alpha value is -1.72. The molecule has 0 saturated heterocycles. The Morgan fingerprint density at radius 3 is 1.46 bits per heavy atom. The second kappa shape index (κ2) is 6.65. The predicted octanol–water partition coefficient (Wildman–Crippen LogP) is 1.14. The summed E-state index contributed by atoms with van der Waals surface area (Å²) in [5.74, 6) is 0. The molecule has 2 aromatic rings. The lowest BCUT2D eigenvalue weighted by molar-refractivity contribution is -0.0270. The van der Waals surface area contributed by atoms with Gasteiger partial charge in [-0.25, -0.2) is 0 Å². The van der Waals surface area contributed by atoms with Crippen molar-refractivity contribution in [2.45, 2.75) is 50.2 Å². The van der Waals surface area contributed by atoms with Gasteiger partial charge < -0.3 is 20.8 Å². The fraction of sp³-hybridized carbons (Fsp3) is 0.400. The molecule has 0 spiro atoms. The molecule has 2 aliphatic rings. The normalized spacial score (nSPS) is 25.4. The summed E-state index contributed by atoms with van der Waals surface area (Å²) in [5.41, 5.74) is 5.07. The van der Waals surface area contributed by atoms with Crippen LogP contribution in [0.3, 0.4) is 0 Å². The lowest BCUT2D eigenvalue weighted by Crippen LogP contribution is -2.57. The molecule has 4 atom stereocenters. The molecule has 2 aromatic carbocycles. The van der Waals surface area contributed by atoms with E-state index in [1.54, 1.807) is 0 Å². The van der Waals surface area contributed by atoms with Crippen LogP contribution < -0.4 is 10.6 Å². The van der Waals surface area contributed by atoms with Gasteiger partial charge in [-0.2, -0.15) is 0 Å². The monoisotopic (exact) mass is 324 g/mol. The summed E-state index contributed by atoms with van der Waals surface area (Å²) in [6.07, 6.45) is -0.0858. The van der Waals surface area contributed by atoms with Crippen LogP contribution in [0.4, 0.5) is 0 Å². The summed E-state index contributed by atoms with van der Waals surface area (Å²) < 4.78 is 0. The Labute approximate surface area is 142 Å². The van der Waals surface area contributed by atoms with Gasteiger partial charge in [0, 0.05) is 25.2 Å². The lowest BCUT2D eigenvalue weighted by Gasteiger charge is -2.37. The smallest absolute Gasteiger partial charge is 0.0970 e. The van der Waals surface area contributed by atoms with Crippen LogP contribution in [-0.2, 0) is 25.9 Å². The maximum Gasteiger partial charge on any atom is 0.0970 e. The van der Waals surface area contributed by atoms with Gasteiger partial charge in [0.25, 0.3) is 0 Å². The largest absolute Gasteiger partial charge is 0.389 e. The molecule has 4 heteroatoms. The van der Waals surface area contributed by atoms with Crippen LogP contribution >= 0.6 is 0 Å². The van der Waals surface area contributed by atoms with Gasteiger partial charge in [0.15, 0.2) is 0 Å². The van der Waals surface area contributed by atoms with Crippen molar-refractivity contribution in [2.24, 2.45) is 0 Å². The van der Waals surface area contributed by atoms with Gasteiger partial charge in [-0.3, -0.25) is 0 Å². The van der Waals surface area contributed by atoms with Gasteiger partial charge >= 0.3 is 0 Å². The zero-order valence-electron chi connectivity index (χ0n) is 13.7. The number of nitrogens with one attached hydrogen (secondary N) is 2. The van der Waals surface area contributed by atoms with E-state index in [2.05, 4.69) is 34.9 Å². The van der Waals surface area contributed by atoms with E-state index in [1.165, 1.54) is 22.3 Å². The van der Waals surface area contributed by atoms with Crippen LogP contribution in [0.2, 0.25) is 0 Å². The Kier molecular flexibility index (Phi) is 4.37. The van der Waals surface area contributed by atoms with Gasteiger partial charge in [-0.1, -0.05) is 48.5 Å². The highest BCUT2D eigenvalue weighted by Crippen LogP contribution is 2.23. The Morgan fingerprint density at radius 2 is 1.04 bits per heavy atom. The fourth-order valence-electron chi connectivity index (χ4n) is 3.92. The van der Waals surface area contributed by atoms with Crippen molar-refractivity contribution >= 4 is 0 Å². The molecular formula is C20H24N2O2. The average molecular weight is 324 g/mol. The number of benzene rings is 2. The Morgan fingerprint density at radius 1 is 0.667 bits per heavy atom. The molecule has 24 heavy (non-hydrogen) atoms. The third-order valence-corrected chi connectivity index (χ3v) is 5.40. The van der Waals surface area contributed by atoms with Crippen molar-refractivity contribution in [1.82, 2.24) is 10.6 Å². The molecule has 2 unspecified atom stereocenters. The van der Waals surface area contributed by atoms with Crippen LogP contribution in [0.15, 0.2) is 48.5 Å². The minimum atomic E-state index is -0.791. The highest BCUT2D eigenvalue weighted by molar-refractivity contribution is 5.32. The van der Waals surface area contributed by atoms with E-state index in [1.807, 2.05) is 24.3 Å². The summed E-state index contributed by atoms with van der Waals surface area (Å²) >= 11 is 0. The molecule has 0 fully saturated rings. The molecular weight excluding hydrogens is 300 g/mol. The fourth-order valence-corrected chi connectivity index (χ4v) is 3.92.